The van der Waals surface area contributed by atoms with Crippen LogP contribution >= 0.6 is 0 Å². The third kappa shape index (κ3) is 3.79. The lowest BCUT2D eigenvalue weighted by atomic mass is 9.87. The minimum atomic E-state index is -0.0150. The summed E-state index contributed by atoms with van der Waals surface area (Å²) in [4.78, 5) is 29.8. The van der Waals surface area contributed by atoms with Crippen LogP contribution < -0.4 is 0 Å². The maximum atomic E-state index is 13.4. The van der Waals surface area contributed by atoms with Crippen molar-refractivity contribution in [2.24, 2.45) is 11.8 Å². The highest BCUT2D eigenvalue weighted by molar-refractivity contribution is 5.94. The average molecular weight is 392 g/mol. The fourth-order valence-corrected chi connectivity index (χ4v) is 4.80. The van der Waals surface area contributed by atoms with Gasteiger partial charge in [-0.05, 0) is 37.1 Å². The first-order chi connectivity index (χ1) is 14.1. The zero-order chi connectivity index (χ0) is 20.4. The molecule has 0 aliphatic carbocycles. The Labute approximate surface area is 172 Å². The van der Waals surface area contributed by atoms with Gasteiger partial charge in [0.2, 0.25) is 5.91 Å². The van der Waals surface area contributed by atoms with Crippen LogP contribution in [-0.2, 0) is 9.53 Å². The Bertz CT molecular complexity index is 883. The van der Waals surface area contributed by atoms with Crippen LogP contribution in [0.1, 0.15) is 34.5 Å². The highest BCUT2D eigenvalue weighted by Crippen LogP contribution is 2.46. The van der Waals surface area contributed by atoms with Crippen molar-refractivity contribution in [2.75, 3.05) is 32.8 Å². The molecule has 2 heterocycles. The van der Waals surface area contributed by atoms with Crippen molar-refractivity contribution < 1.29 is 14.3 Å². The average Bonchev–Trinajstić information content (AvgIpc) is 3.31. The Morgan fingerprint density at radius 1 is 1.00 bits per heavy atom. The van der Waals surface area contributed by atoms with Gasteiger partial charge in [-0.15, -0.1) is 0 Å². The first kappa shape index (κ1) is 19.6. The molecule has 29 heavy (non-hydrogen) atoms. The van der Waals surface area contributed by atoms with Crippen LogP contribution in [0.3, 0.4) is 0 Å². The summed E-state index contributed by atoms with van der Waals surface area (Å²) in [5.41, 5.74) is 3.09. The predicted octanol–water partition coefficient (Wildman–Crippen LogP) is 3.30. The number of aryl methyl sites for hydroxylation is 1. The maximum absolute atomic E-state index is 13.4. The molecule has 5 nitrogen and oxygen atoms in total. The summed E-state index contributed by atoms with van der Waals surface area (Å²) in [6.45, 7) is 6.71. The van der Waals surface area contributed by atoms with E-state index in [0.717, 1.165) is 5.56 Å². The Morgan fingerprint density at radius 2 is 1.72 bits per heavy atom. The fourth-order valence-electron chi connectivity index (χ4n) is 4.80. The fraction of sp³-hybridized carbons (Fsp3) is 0.417. The van der Waals surface area contributed by atoms with Gasteiger partial charge in [-0.1, -0.05) is 42.5 Å². The van der Waals surface area contributed by atoms with Gasteiger partial charge < -0.3 is 14.5 Å². The molecular weight excluding hydrogens is 364 g/mol. The zero-order valence-electron chi connectivity index (χ0n) is 17.1. The molecule has 152 valence electrons. The third-order valence-electron chi connectivity index (χ3n) is 6.24. The van der Waals surface area contributed by atoms with Gasteiger partial charge in [0, 0.05) is 43.6 Å². The summed E-state index contributed by atoms with van der Waals surface area (Å²) >= 11 is 0. The van der Waals surface area contributed by atoms with Gasteiger partial charge in [0.25, 0.3) is 5.91 Å². The summed E-state index contributed by atoms with van der Waals surface area (Å²) in [5.74, 6) is 0.651. The molecule has 2 aliphatic heterocycles. The molecule has 4 rings (SSSR count). The number of nitrogens with zero attached hydrogens (tertiary/aromatic N) is 2. The molecule has 0 unspecified atom stereocenters. The van der Waals surface area contributed by atoms with Crippen molar-refractivity contribution in [3.05, 3.63) is 71.3 Å². The Kier molecular flexibility index (Phi) is 5.67. The molecule has 0 N–H and O–H groups in total. The van der Waals surface area contributed by atoms with E-state index in [1.54, 1.807) is 0 Å². The molecule has 0 spiro atoms. The van der Waals surface area contributed by atoms with Crippen molar-refractivity contribution in [3.63, 3.8) is 0 Å². The lowest BCUT2D eigenvalue weighted by Gasteiger charge is -2.31. The first-order valence-corrected chi connectivity index (χ1v) is 10.4. The van der Waals surface area contributed by atoms with Crippen LogP contribution in [0, 0.1) is 18.8 Å². The number of rotatable bonds is 5. The van der Waals surface area contributed by atoms with Gasteiger partial charge in [0.1, 0.15) is 6.61 Å². The molecule has 2 saturated heterocycles. The van der Waals surface area contributed by atoms with Gasteiger partial charge in [-0.3, -0.25) is 9.59 Å². The number of carbonyl (C=O) groups excluding carboxylic acids is 2. The number of fused-ring (bicyclic) bond motifs is 1. The second-order valence-electron chi connectivity index (χ2n) is 7.98. The van der Waals surface area contributed by atoms with Gasteiger partial charge in [0.05, 0.1) is 6.04 Å². The number of amides is 2. The molecule has 0 saturated carbocycles. The maximum Gasteiger partial charge on any atom is 0.254 e. The summed E-state index contributed by atoms with van der Waals surface area (Å²) in [7, 11) is 0. The first-order valence-electron chi connectivity index (χ1n) is 10.4. The number of likely N-dealkylation sites (tertiary alicyclic amines) is 2. The van der Waals surface area contributed by atoms with E-state index in [1.165, 1.54) is 11.1 Å². The van der Waals surface area contributed by atoms with Crippen molar-refractivity contribution in [1.82, 2.24) is 9.80 Å². The third-order valence-corrected chi connectivity index (χ3v) is 6.24. The summed E-state index contributed by atoms with van der Waals surface area (Å²) < 4.78 is 5.32. The van der Waals surface area contributed by atoms with Crippen LogP contribution in [0.15, 0.2) is 54.6 Å². The molecule has 0 aromatic heterocycles. The number of benzene rings is 2. The van der Waals surface area contributed by atoms with E-state index in [-0.39, 0.29) is 36.3 Å². The van der Waals surface area contributed by atoms with Gasteiger partial charge in [0.15, 0.2) is 0 Å². The Morgan fingerprint density at radius 3 is 2.45 bits per heavy atom. The van der Waals surface area contributed by atoms with Crippen LogP contribution in [0.2, 0.25) is 0 Å². The van der Waals surface area contributed by atoms with Gasteiger partial charge in [-0.2, -0.15) is 0 Å². The minimum Gasteiger partial charge on any atom is -0.372 e. The van der Waals surface area contributed by atoms with Crippen LogP contribution in [0.5, 0.6) is 0 Å². The van der Waals surface area contributed by atoms with Crippen molar-refractivity contribution in [1.29, 1.82) is 0 Å². The van der Waals surface area contributed by atoms with E-state index in [2.05, 4.69) is 19.1 Å². The molecular formula is C24H28N2O3. The normalized spacial score (nSPS) is 23.3. The van der Waals surface area contributed by atoms with Crippen molar-refractivity contribution in [3.8, 4) is 0 Å². The lowest BCUT2D eigenvalue weighted by molar-refractivity contribution is -0.135. The lowest BCUT2D eigenvalue weighted by Crippen LogP contribution is -2.38. The summed E-state index contributed by atoms with van der Waals surface area (Å²) in [6, 6.07) is 17.8. The highest BCUT2D eigenvalue weighted by Gasteiger charge is 2.50. The van der Waals surface area contributed by atoms with E-state index in [4.69, 9.17) is 4.74 Å². The molecule has 2 aliphatic rings. The van der Waals surface area contributed by atoms with Crippen molar-refractivity contribution in [2.45, 2.75) is 19.9 Å². The Hall–Kier alpha value is -2.66. The standard InChI is InChI=1S/C24H28N2O3/c1-3-29-16-22(27)25-13-19-14-26(24(28)18-10-5-4-6-11-18)23(21(19)15-25)20-12-8-7-9-17(20)2/h4-12,19,21,23H,3,13-16H2,1-2H3/t19-,21-,23+/m0/s1. The predicted molar refractivity (Wildman–Crippen MR) is 111 cm³/mol. The molecule has 2 fully saturated rings. The number of carbonyl (C=O) groups is 2. The molecule has 5 heteroatoms. The smallest absolute Gasteiger partial charge is 0.254 e. The summed E-state index contributed by atoms with van der Waals surface area (Å²) in [6.07, 6.45) is 0. The molecule has 0 radical (unpaired) electrons. The van der Waals surface area contributed by atoms with Gasteiger partial charge in [-0.25, -0.2) is 0 Å². The Balaban J connectivity index is 1.63. The molecule has 2 amide bonds. The summed E-state index contributed by atoms with van der Waals surface area (Å²) in [5, 5.41) is 0. The quantitative estimate of drug-likeness (QED) is 0.785. The number of hydrogen-bond donors (Lipinski definition) is 0. The molecule has 3 atom stereocenters. The van der Waals surface area contributed by atoms with E-state index in [1.807, 2.05) is 59.2 Å². The van der Waals surface area contributed by atoms with E-state index in [9.17, 15) is 9.59 Å². The molecule has 2 aromatic carbocycles. The SMILES string of the molecule is CCOCC(=O)N1C[C@H]2CN(C(=O)c3ccccc3)[C@H](c3ccccc3C)[C@H]2C1. The van der Waals surface area contributed by atoms with E-state index in [0.29, 0.717) is 26.2 Å². The number of ether oxygens (including phenoxy) is 1. The van der Waals surface area contributed by atoms with E-state index >= 15 is 0 Å². The van der Waals surface area contributed by atoms with E-state index < -0.39 is 0 Å². The molecule has 0 bridgehead atoms. The highest BCUT2D eigenvalue weighted by atomic mass is 16.5. The number of hydrogen-bond acceptors (Lipinski definition) is 3. The second-order valence-corrected chi connectivity index (χ2v) is 7.98. The van der Waals surface area contributed by atoms with Crippen LogP contribution in [-0.4, -0.2) is 54.5 Å². The monoisotopic (exact) mass is 392 g/mol. The zero-order valence-corrected chi connectivity index (χ0v) is 17.1. The minimum absolute atomic E-state index is 0.0150. The second kappa shape index (κ2) is 8.37. The van der Waals surface area contributed by atoms with Crippen LogP contribution in [0.4, 0.5) is 0 Å². The van der Waals surface area contributed by atoms with Crippen LogP contribution in [0.25, 0.3) is 0 Å². The van der Waals surface area contributed by atoms with Gasteiger partial charge >= 0.3 is 0 Å². The largest absolute Gasteiger partial charge is 0.372 e. The molecule has 2 aromatic rings. The van der Waals surface area contributed by atoms with Crippen molar-refractivity contribution >= 4 is 11.8 Å². The topological polar surface area (TPSA) is 49.9 Å².